The highest BCUT2D eigenvalue weighted by atomic mass is 32.2. The Labute approximate surface area is 123 Å². The van der Waals surface area contributed by atoms with Crippen LogP contribution in [-0.2, 0) is 19.7 Å². The van der Waals surface area contributed by atoms with Crippen molar-refractivity contribution < 1.29 is 19.4 Å². The third kappa shape index (κ3) is 3.33. The maximum absolute atomic E-state index is 12.3. The first-order chi connectivity index (χ1) is 9.48. The van der Waals surface area contributed by atoms with Gasteiger partial charge in [-0.1, -0.05) is 29.8 Å². The summed E-state index contributed by atoms with van der Waals surface area (Å²) in [6.45, 7) is 3.71. The Kier molecular flexibility index (Phi) is 6.07. The Morgan fingerprint density at radius 1 is 1.40 bits per heavy atom. The van der Waals surface area contributed by atoms with Gasteiger partial charge in [-0.25, -0.2) is 0 Å². The van der Waals surface area contributed by atoms with E-state index in [4.69, 9.17) is 4.74 Å². The second kappa shape index (κ2) is 7.33. The van der Waals surface area contributed by atoms with E-state index in [2.05, 4.69) is 0 Å². The zero-order valence-corrected chi connectivity index (χ0v) is 12.8. The first-order valence-corrected chi connectivity index (χ1v) is 7.85. The molecule has 4 nitrogen and oxygen atoms in total. The summed E-state index contributed by atoms with van der Waals surface area (Å²) < 4.78 is 5.03. The maximum Gasteiger partial charge on any atom is 0.328 e. The van der Waals surface area contributed by atoms with Crippen LogP contribution in [0.15, 0.2) is 24.3 Å². The molecule has 0 aliphatic carbocycles. The molecule has 110 valence electrons. The van der Waals surface area contributed by atoms with Gasteiger partial charge in [0.15, 0.2) is 5.41 Å². The Balaban J connectivity index is 3.36. The number of carboxylic acids is 1. The molecule has 0 heterocycles. The lowest BCUT2D eigenvalue weighted by atomic mass is 9.77. The molecule has 1 rings (SSSR count). The van der Waals surface area contributed by atoms with Gasteiger partial charge >= 0.3 is 11.9 Å². The van der Waals surface area contributed by atoms with Crippen molar-refractivity contribution >= 4 is 23.7 Å². The zero-order chi connectivity index (χ0) is 15.2. The van der Waals surface area contributed by atoms with E-state index in [1.807, 2.05) is 19.2 Å². The van der Waals surface area contributed by atoms with Crippen molar-refractivity contribution in [2.75, 3.05) is 18.6 Å². The van der Waals surface area contributed by atoms with E-state index in [-0.39, 0.29) is 13.0 Å². The third-order valence-corrected chi connectivity index (χ3v) is 3.79. The molecule has 0 saturated heterocycles. The van der Waals surface area contributed by atoms with Crippen molar-refractivity contribution in [2.24, 2.45) is 0 Å². The van der Waals surface area contributed by atoms with Gasteiger partial charge < -0.3 is 9.84 Å². The highest BCUT2D eigenvalue weighted by Crippen LogP contribution is 2.32. The predicted molar refractivity (Wildman–Crippen MR) is 80.1 cm³/mol. The van der Waals surface area contributed by atoms with Gasteiger partial charge in [0.05, 0.1) is 6.61 Å². The van der Waals surface area contributed by atoms with Crippen LogP contribution < -0.4 is 0 Å². The van der Waals surface area contributed by atoms with E-state index in [0.717, 1.165) is 5.56 Å². The van der Waals surface area contributed by atoms with Gasteiger partial charge in [0.1, 0.15) is 0 Å². The van der Waals surface area contributed by atoms with Gasteiger partial charge in [0, 0.05) is 0 Å². The molecule has 1 aromatic rings. The van der Waals surface area contributed by atoms with Crippen LogP contribution in [0.4, 0.5) is 0 Å². The summed E-state index contributed by atoms with van der Waals surface area (Å²) in [5, 5.41) is 9.68. The molecular formula is C15H20O4S. The Bertz CT molecular complexity index is 487. The number of esters is 1. The number of carboxylic acid groups (broad SMARTS) is 1. The fourth-order valence-electron chi connectivity index (χ4n) is 2.10. The van der Waals surface area contributed by atoms with E-state index in [1.54, 1.807) is 25.1 Å². The summed E-state index contributed by atoms with van der Waals surface area (Å²) >= 11 is 1.51. The minimum atomic E-state index is -1.62. The van der Waals surface area contributed by atoms with Gasteiger partial charge in [-0.05, 0) is 37.8 Å². The number of carbonyl (C=O) groups excluding carboxylic acids is 1. The average molecular weight is 296 g/mol. The van der Waals surface area contributed by atoms with Gasteiger partial charge in [-0.15, -0.1) is 0 Å². The van der Waals surface area contributed by atoms with Crippen LogP contribution in [0, 0.1) is 6.92 Å². The number of hydrogen-bond acceptors (Lipinski definition) is 4. The van der Waals surface area contributed by atoms with Crippen LogP contribution in [0.1, 0.15) is 24.5 Å². The fourth-order valence-corrected chi connectivity index (χ4v) is 2.61. The molecule has 1 atom stereocenters. The molecule has 5 heteroatoms. The SMILES string of the molecule is CCOC(=O)C(CCSC)(C(=O)O)c1cccc(C)c1. The fraction of sp³-hybridized carbons (Fsp3) is 0.467. The van der Waals surface area contributed by atoms with E-state index < -0.39 is 17.4 Å². The smallest absolute Gasteiger partial charge is 0.328 e. The summed E-state index contributed by atoms with van der Waals surface area (Å²) in [5.74, 6) is -1.28. The number of ether oxygens (including phenoxy) is 1. The van der Waals surface area contributed by atoms with Crippen LogP contribution in [0.25, 0.3) is 0 Å². The third-order valence-electron chi connectivity index (χ3n) is 3.18. The van der Waals surface area contributed by atoms with Crippen molar-refractivity contribution in [2.45, 2.75) is 25.7 Å². The number of hydrogen-bond donors (Lipinski definition) is 1. The number of thioether (sulfide) groups is 1. The molecule has 0 aliphatic rings. The first-order valence-electron chi connectivity index (χ1n) is 6.45. The molecule has 0 aliphatic heterocycles. The number of carbonyl (C=O) groups is 2. The molecule has 0 amide bonds. The molecule has 0 aromatic heterocycles. The normalized spacial score (nSPS) is 13.6. The summed E-state index contributed by atoms with van der Waals surface area (Å²) in [5.41, 5.74) is -0.218. The number of aryl methyl sites for hydroxylation is 1. The van der Waals surface area contributed by atoms with Crippen LogP contribution in [-0.4, -0.2) is 35.7 Å². The van der Waals surface area contributed by atoms with Gasteiger partial charge in [-0.3, -0.25) is 9.59 Å². The van der Waals surface area contributed by atoms with Crippen molar-refractivity contribution in [3.05, 3.63) is 35.4 Å². The monoisotopic (exact) mass is 296 g/mol. The van der Waals surface area contributed by atoms with Crippen LogP contribution in [0.3, 0.4) is 0 Å². The molecule has 0 radical (unpaired) electrons. The second-order valence-corrected chi connectivity index (χ2v) is 5.53. The minimum Gasteiger partial charge on any atom is -0.480 e. The van der Waals surface area contributed by atoms with Crippen LogP contribution >= 0.6 is 11.8 Å². The van der Waals surface area contributed by atoms with E-state index in [0.29, 0.717) is 11.3 Å². The van der Waals surface area contributed by atoms with Crippen molar-refractivity contribution in [3.63, 3.8) is 0 Å². The highest BCUT2D eigenvalue weighted by molar-refractivity contribution is 7.98. The van der Waals surface area contributed by atoms with Crippen molar-refractivity contribution in [3.8, 4) is 0 Å². The van der Waals surface area contributed by atoms with Gasteiger partial charge in [-0.2, -0.15) is 11.8 Å². The molecular weight excluding hydrogens is 276 g/mol. The number of rotatable bonds is 7. The molecule has 0 saturated carbocycles. The Morgan fingerprint density at radius 3 is 2.60 bits per heavy atom. The topological polar surface area (TPSA) is 63.6 Å². The molecule has 1 unspecified atom stereocenters. The average Bonchev–Trinajstić information content (AvgIpc) is 2.39. The van der Waals surface area contributed by atoms with Gasteiger partial charge in [0.25, 0.3) is 0 Å². The Morgan fingerprint density at radius 2 is 2.10 bits per heavy atom. The summed E-state index contributed by atoms with van der Waals surface area (Å²) in [7, 11) is 0. The highest BCUT2D eigenvalue weighted by Gasteiger charge is 2.48. The first kappa shape index (κ1) is 16.6. The van der Waals surface area contributed by atoms with Gasteiger partial charge in [0.2, 0.25) is 0 Å². The molecule has 1 N–H and O–H groups in total. The summed E-state index contributed by atoms with van der Waals surface area (Å²) in [6.07, 6.45) is 2.10. The van der Waals surface area contributed by atoms with Crippen molar-refractivity contribution in [1.29, 1.82) is 0 Å². The number of aliphatic carboxylic acids is 1. The zero-order valence-electron chi connectivity index (χ0n) is 12.0. The summed E-state index contributed by atoms with van der Waals surface area (Å²) in [4.78, 5) is 24.2. The summed E-state index contributed by atoms with van der Waals surface area (Å²) in [6, 6.07) is 7.06. The van der Waals surface area contributed by atoms with Crippen LogP contribution in [0.5, 0.6) is 0 Å². The van der Waals surface area contributed by atoms with E-state index >= 15 is 0 Å². The van der Waals surface area contributed by atoms with Crippen molar-refractivity contribution in [1.82, 2.24) is 0 Å². The minimum absolute atomic E-state index is 0.166. The molecule has 0 fully saturated rings. The lowest BCUT2D eigenvalue weighted by molar-refractivity contribution is -0.161. The molecule has 0 spiro atoms. The quantitative estimate of drug-likeness (QED) is 0.619. The lowest BCUT2D eigenvalue weighted by Gasteiger charge is -2.27. The number of benzene rings is 1. The second-order valence-electron chi connectivity index (χ2n) is 4.54. The molecule has 0 bridgehead atoms. The van der Waals surface area contributed by atoms with E-state index in [9.17, 15) is 14.7 Å². The maximum atomic E-state index is 12.3. The molecule has 1 aromatic carbocycles. The lowest BCUT2D eigenvalue weighted by Crippen LogP contribution is -2.45. The van der Waals surface area contributed by atoms with Crippen LogP contribution in [0.2, 0.25) is 0 Å². The standard InChI is InChI=1S/C15H20O4S/c1-4-19-14(18)15(13(16)17,8-9-20-3)12-7-5-6-11(2)10-12/h5-7,10H,4,8-9H2,1-3H3,(H,16,17). The molecule has 20 heavy (non-hydrogen) atoms. The van der Waals surface area contributed by atoms with E-state index in [1.165, 1.54) is 11.8 Å². The predicted octanol–water partition coefficient (Wildman–Crippen LogP) is 2.63. The Hall–Kier alpha value is -1.49. The largest absolute Gasteiger partial charge is 0.480 e.